The van der Waals surface area contributed by atoms with Crippen molar-refractivity contribution in [1.82, 2.24) is 0 Å². The molecule has 12 bridgehead atoms. The molecule has 566 valence electrons. The van der Waals surface area contributed by atoms with Gasteiger partial charge in [-0.15, -0.1) is 0 Å². The molecule has 0 amide bonds. The van der Waals surface area contributed by atoms with Crippen molar-refractivity contribution in [3.8, 4) is 0 Å². The van der Waals surface area contributed by atoms with E-state index in [2.05, 4.69) is 28.4 Å². The van der Waals surface area contributed by atoms with Crippen LogP contribution in [0.5, 0.6) is 0 Å². The highest BCUT2D eigenvalue weighted by atomic mass is 19.4. The molecule has 0 aromatic rings. The van der Waals surface area contributed by atoms with Gasteiger partial charge in [0.05, 0.1) is 59.5 Å². The molecule has 0 spiro atoms. The molecule has 97 heavy (non-hydrogen) atoms. The molecule has 12 aliphatic rings. The predicted octanol–water partition coefficient (Wildman–Crippen LogP) is 10.9. The highest BCUT2D eigenvalue weighted by Crippen LogP contribution is 2.93. The van der Waals surface area contributed by atoms with E-state index in [1.54, 1.807) is 0 Å². The van der Waals surface area contributed by atoms with Crippen LogP contribution in [0.4, 0.5) is 198 Å². The molecule has 54 heteroatoms. The summed E-state index contributed by atoms with van der Waals surface area (Å²) < 4.78 is 709. The van der Waals surface area contributed by atoms with Crippen LogP contribution in [0.25, 0.3) is 0 Å². The summed E-state index contributed by atoms with van der Waals surface area (Å²) in [4.78, 5) is 0. The maximum atomic E-state index is 15.5. The molecule has 0 aliphatic heterocycles. The summed E-state index contributed by atoms with van der Waals surface area (Å²) in [5, 5.41) is 30.5. The van der Waals surface area contributed by atoms with Gasteiger partial charge in [0.2, 0.25) is 0 Å². The van der Waals surface area contributed by atoms with Crippen LogP contribution in [0, 0.1) is 5.92 Å². The van der Waals surface area contributed by atoms with E-state index in [0.29, 0.717) is 0 Å². The fraction of sp³-hybridized carbons (Fsp3) is 1.00. The van der Waals surface area contributed by atoms with Crippen molar-refractivity contribution in [2.45, 2.75) is 193 Å². The second-order valence-electron chi connectivity index (χ2n) is 23.7. The Bertz CT molecular complexity index is 2560. The van der Waals surface area contributed by atoms with Gasteiger partial charge >= 0.3 is 158 Å². The lowest BCUT2D eigenvalue weighted by Gasteiger charge is -2.74. The van der Waals surface area contributed by atoms with E-state index in [1.807, 2.05) is 0 Å². The number of halogens is 45. The number of hydrogen-bond donors (Lipinski definition) is 3. The third-order valence-electron chi connectivity index (χ3n) is 19.1. The van der Waals surface area contributed by atoms with Crippen LogP contribution >= 0.6 is 0 Å². The summed E-state index contributed by atoms with van der Waals surface area (Å²) in [5.41, 5.74) is -98.1. The van der Waals surface area contributed by atoms with Crippen molar-refractivity contribution in [1.29, 1.82) is 0 Å². The zero-order valence-corrected chi connectivity index (χ0v) is 44.5. The Hall–Kier alpha value is -3.51. The van der Waals surface area contributed by atoms with Crippen molar-refractivity contribution in [2.75, 3.05) is 59.5 Å². The van der Waals surface area contributed by atoms with Gasteiger partial charge in [-0.05, 0) is 0 Å². The molecule has 0 aromatic heterocycles. The Kier molecular flexibility index (Phi) is 15.0. The lowest BCUT2D eigenvalue weighted by atomic mass is 9.40. The first-order chi connectivity index (χ1) is 42.5. The molecule has 12 rings (SSSR count). The highest BCUT2D eigenvalue weighted by Gasteiger charge is 3.27. The highest BCUT2D eigenvalue weighted by molar-refractivity contribution is 5.58. The van der Waals surface area contributed by atoms with E-state index < -0.39 is 258 Å². The summed E-state index contributed by atoms with van der Waals surface area (Å²) >= 11 is 0. The van der Waals surface area contributed by atoms with E-state index in [-0.39, 0.29) is 0 Å². The molecule has 12 aliphatic carbocycles. The van der Waals surface area contributed by atoms with Gasteiger partial charge in [0.1, 0.15) is 18.3 Å². The van der Waals surface area contributed by atoms with E-state index in [0.717, 1.165) is 0 Å². The Balaban J connectivity index is 0.965. The molecule has 12 saturated carbocycles. The quantitative estimate of drug-likeness (QED) is 0.0967. The molecule has 3 unspecified atom stereocenters. The van der Waals surface area contributed by atoms with Crippen molar-refractivity contribution in [2.24, 2.45) is 5.92 Å². The Labute approximate surface area is 500 Å². The number of ether oxygens (including phenoxy) is 6. The van der Waals surface area contributed by atoms with E-state index in [4.69, 9.17) is 0 Å². The van der Waals surface area contributed by atoms with Gasteiger partial charge in [-0.3, -0.25) is 0 Å². The molecule has 12 fully saturated rings. The largest absolute Gasteiger partial charge is 0.388 e. The third-order valence-corrected chi connectivity index (χ3v) is 19.1. The summed E-state index contributed by atoms with van der Waals surface area (Å²) in [5.74, 6) is -153. The second-order valence-corrected chi connectivity index (χ2v) is 23.7. The first-order valence-corrected chi connectivity index (χ1v) is 25.2. The van der Waals surface area contributed by atoms with Crippen molar-refractivity contribution in [3.63, 3.8) is 0 Å². The van der Waals surface area contributed by atoms with Crippen LogP contribution in [0.1, 0.15) is 0 Å². The minimum absolute atomic E-state index is 1.97. The summed E-state index contributed by atoms with van der Waals surface area (Å²) in [7, 11) is 0. The topological polar surface area (TPSA) is 116 Å². The zero-order chi connectivity index (χ0) is 75.9. The van der Waals surface area contributed by atoms with E-state index >= 15 is 119 Å². The summed E-state index contributed by atoms with van der Waals surface area (Å²) in [6.07, 6.45) is -11.0. The minimum atomic E-state index is -8.40. The average molecular weight is 1540 g/mol. The monoisotopic (exact) mass is 1540 g/mol. The van der Waals surface area contributed by atoms with Crippen LogP contribution in [-0.2, 0) is 28.4 Å². The van der Waals surface area contributed by atoms with Crippen LogP contribution in [0.2, 0.25) is 0 Å². The first-order valence-electron chi connectivity index (χ1n) is 25.2. The number of aliphatic hydroxyl groups is 3. The standard InChI is InChI=1S/C43H25F45O9/c44-14-26(53,54)15(45)28(57,58)16(46,27(14,55)56)37(75,76)23(35(14,71)72,36(15,73)74)95-7-11(89)4-92-1-10(2-93-5-12(90)8-96-24-38(77,78)17(47)29(59,60)18(48,39(24,79)80)31(63,64)19(49,30(17,61)62)40(24,81)82)3-94-6-13(91)9-97-25-41(83,84)20(50)32(65,66)21(51,42(25,85)86)34(69,70)22(52,33(20,67)68)43(25,87)88/h10-13,89-91H,1-9H2. The van der Waals surface area contributed by atoms with E-state index in [9.17, 15) is 94.3 Å². The normalized spacial score (nSPS) is 47.1. The lowest BCUT2D eigenvalue weighted by Crippen LogP contribution is -3.10. The molecule has 0 aromatic carbocycles. The maximum Gasteiger partial charge on any atom is 0.339 e. The van der Waals surface area contributed by atoms with Gasteiger partial charge in [-0.25, -0.2) is 39.5 Å². The Morgan fingerprint density at radius 2 is 0.278 bits per heavy atom. The maximum absolute atomic E-state index is 15.5. The first kappa shape index (κ1) is 77.6. The van der Waals surface area contributed by atoms with Crippen molar-refractivity contribution < 1.29 is 241 Å². The van der Waals surface area contributed by atoms with Gasteiger partial charge in [0.15, 0.2) is 0 Å². The van der Waals surface area contributed by atoms with Crippen molar-refractivity contribution in [3.05, 3.63) is 0 Å². The summed E-state index contributed by atoms with van der Waals surface area (Å²) in [6, 6.07) is 0. The molecule has 3 atom stereocenters. The fourth-order valence-electron chi connectivity index (χ4n) is 14.3. The van der Waals surface area contributed by atoms with Crippen molar-refractivity contribution >= 4 is 0 Å². The smallest absolute Gasteiger partial charge is 0.339 e. The van der Waals surface area contributed by atoms with Crippen LogP contribution in [-0.4, -0.2) is 268 Å². The third kappa shape index (κ3) is 5.96. The Morgan fingerprint density at radius 1 is 0.165 bits per heavy atom. The van der Waals surface area contributed by atoms with Crippen LogP contribution in [0.15, 0.2) is 0 Å². The zero-order valence-electron chi connectivity index (χ0n) is 44.5. The molecule has 0 heterocycles. The van der Waals surface area contributed by atoms with Crippen LogP contribution in [0.3, 0.4) is 0 Å². The number of rotatable bonds is 21. The van der Waals surface area contributed by atoms with Gasteiger partial charge < -0.3 is 43.7 Å². The van der Waals surface area contributed by atoms with Crippen LogP contribution < -0.4 is 0 Å². The van der Waals surface area contributed by atoms with Gasteiger partial charge in [-0.1, -0.05) is 0 Å². The molecule has 0 radical (unpaired) electrons. The molecular weight excluding hydrogens is 1520 g/mol. The molecule has 3 N–H and O–H groups in total. The average Bonchev–Trinajstić information content (AvgIpc) is 0.605. The Morgan fingerprint density at radius 3 is 0.392 bits per heavy atom. The second kappa shape index (κ2) is 18.7. The SMILES string of the molecule is OC(COCC(COCC(O)COC12C(F)(F)C3(F)C(F)(F)C(F)(C(F)(F)C(F)(C3(F)F)C1(F)F)C2(F)F)COCC(O)COC12C(F)(F)C3(F)C(F)(F)C(F)(C(F)(F)C(F)(C3(F)F)C1(F)F)C2(F)F)COC12C(F)(F)C3(F)C(F)(F)C(F)(C(F)(F)C(F)(C3(F)F)C1(F)F)C2(F)F. The lowest BCUT2D eigenvalue weighted by molar-refractivity contribution is -0.619. The number of alkyl halides is 45. The number of hydrogen-bond acceptors (Lipinski definition) is 9. The van der Waals surface area contributed by atoms with Gasteiger partial charge in [-0.2, -0.15) is 158 Å². The molecular formula is C43H25F45O9. The number of aliphatic hydroxyl groups excluding tert-OH is 3. The predicted molar refractivity (Wildman–Crippen MR) is 204 cm³/mol. The summed E-state index contributed by atoms with van der Waals surface area (Å²) in [6.45, 7) is -22.7. The van der Waals surface area contributed by atoms with E-state index in [1.165, 1.54) is 0 Å². The van der Waals surface area contributed by atoms with Gasteiger partial charge in [0, 0.05) is 5.92 Å². The van der Waals surface area contributed by atoms with Gasteiger partial charge in [0.25, 0.3) is 16.8 Å². The minimum Gasteiger partial charge on any atom is -0.388 e. The fourth-order valence-corrected chi connectivity index (χ4v) is 14.3. The molecule has 9 nitrogen and oxygen atoms in total. The molecule has 0 saturated heterocycles.